The summed E-state index contributed by atoms with van der Waals surface area (Å²) in [6, 6.07) is 5.69. The maximum absolute atomic E-state index is 12.0. The molecule has 0 spiro atoms. The minimum Gasteiger partial charge on any atom is -0.276 e. The Labute approximate surface area is 108 Å². The molecular weight excluding hydrogens is 248 g/mol. The van der Waals surface area contributed by atoms with Gasteiger partial charge in [-0.05, 0) is 12.1 Å². The van der Waals surface area contributed by atoms with Crippen LogP contribution in [-0.2, 0) is 4.79 Å². The van der Waals surface area contributed by atoms with Crippen molar-refractivity contribution in [3.05, 3.63) is 48.7 Å². The summed E-state index contributed by atoms with van der Waals surface area (Å²) in [5, 5.41) is -0.115. The van der Waals surface area contributed by atoms with Gasteiger partial charge in [0, 0.05) is 18.6 Å². The van der Waals surface area contributed by atoms with Crippen LogP contribution in [0.15, 0.2) is 43.0 Å². The average Bonchev–Trinajstić information content (AvgIpc) is 2.83. The van der Waals surface area contributed by atoms with Crippen molar-refractivity contribution in [1.29, 1.82) is 0 Å². The van der Waals surface area contributed by atoms with E-state index in [2.05, 4.69) is 15.0 Å². The molecule has 0 aliphatic carbocycles. The second-order valence-corrected chi connectivity index (χ2v) is 4.81. The fourth-order valence-corrected chi connectivity index (χ4v) is 2.95. The molecule has 90 valence electrons. The van der Waals surface area contributed by atoms with Crippen molar-refractivity contribution >= 4 is 23.5 Å². The second kappa shape index (κ2) is 4.73. The lowest BCUT2D eigenvalue weighted by Gasteiger charge is -2.21. The summed E-state index contributed by atoms with van der Waals surface area (Å²) in [5.41, 5.74) is 0.860. The van der Waals surface area contributed by atoms with Crippen molar-refractivity contribution < 1.29 is 4.79 Å². The molecule has 18 heavy (non-hydrogen) atoms. The molecule has 3 heterocycles. The van der Waals surface area contributed by atoms with Crippen molar-refractivity contribution in [3.63, 3.8) is 0 Å². The zero-order valence-electron chi connectivity index (χ0n) is 9.43. The van der Waals surface area contributed by atoms with Gasteiger partial charge >= 0.3 is 0 Å². The van der Waals surface area contributed by atoms with Crippen LogP contribution in [0.1, 0.15) is 11.1 Å². The molecule has 6 heteroatoms. The minimum atomic E-state index is -0.115. The molecule has 1 atom stereocenters. The highest BCUT2D eigenvalue weighted by Crippen LogP contribution is 2.39. The van der Waals surface area contributed by atoms with Crippen LogP contribution in [0.4, 0.5) is 5.82 Å². The van der Waals surface area contributed by atoms with E-state index in [0.717, 1.165) is 5.69 Å². The van der Waals surface area contributed by atoms with Crippen LogP contribution in [0, 0.1) is 0 Å². The maximum atomic E-state index is 12.0. The molecule has 0 bridgehead atoms. The Morgan fingerprint density at radius 2 is 2.17 bits per heavy atom. The number of rotatable bonds is 2. The summed E-state index contributed by atoms with van der Waals surface area (Å²) in [6.45, 7) is 0. The van der Waals surface area contributed by atoms with Gasteiger partial charge in [-0.1, -0.05) is 6.07 Å². The largest absolute Gasteiger partial charge is 0.276 e. The molecule has 1 aliphatic heterocycles. The number of hydrogen-bond donors (Lipinski definition) is 0. The van der Waals surface area contributed by atoms with Gasteiger partial charge in [0.15, 0.2) is 5.82 Å². The van der Waals surface area contributed by atoms with E-state index < -0.39 is 0 Å². The number of thioether (sulfide) groups is 1. The topological polar surface area (TPSA) is 59.0 Å². The van der Waals surface area contributed by atoms with Gasteiger partial charge in [-0.25, -0.2) is 4.98 Å². The summed E-state index contributed by atoms with van der Waals surface area (Å²) in [6.07, 6.45) is 6.50. The number of carbonyl (C=O) groups excluding carboxylic acids is 1. The number of aromatic nitrogens is 3. The van der Waals surface area contributed by atoms with Crippen molar-refractivity contribution in [2.24, 2.45) is 0 Å². The van der Waals surface area contributed by atoms with Crippen molar-refractivity contribution in [3.8, 4) is 0 Å². The Balaban J connectivity index is 1.98. The maximum Gasteiger partial charge on any atom is 0.239 e. The number of hydrogen-bond acceptors (Lipinski definition) is 5. The van der Waals surface area contributed by atoms with Gasteiger partial charge in [-0.15, -0.1) is 11.8 Å². The zero-order chi connectivity index (χ0) is 12.4. The van der Waals surface area contributed by atoms with Crippen molar-refractivity contribution in [2.75, 3.05) is 10.7 Å². The smallest absolute Gasteiger partial charge is 0.239 e. The minimum absolute atomic E-state index is 0.0381. The highest BCUT2D eigenvalue weighted by Gasteiger charge is 2.35. The van der Waals surface area contributed by atoms with Gasteiger partial charge < -0.3 is 0 Å². The first kappa shape index (κ1) is 11.2. The monoisotopic (exact) mass is 258 g/mol. The van der Waals surface area contributed by atoms with Crippen LogP contribution in [0.5, 0.6) is 0 Å². The van der Waals surface area contributed by atoms with Crippen LogP contribution in [-0.4, -0.2) is 26.6 Å². The van der Waals surface area contributed by atoms with E-state index in [1.54, 1.807) is 41.4 Å². The Bertz CT molecular complexity index is 549. The Morgan fingerprint density at radius 1 is 1.22 bits per heavy atom. The molecule has 2 aromatic rings. The highest BCUT2D eigenvalue weighted by molar-refractivity contribution is 8.00. The standard InChI is InChI=1S/C12H10N4OS/c17-11-8-18-12(9-3-1-2-4-14-9)16(11)10-7-13-5-6-15-10/h1-7,12H,8H2. The normalized spacial score (nSPS) is 19.2. The summed E-state index contributed by atoms with van der Waals surface area (Å²) in [4.78, 5) is 26.1. The molecule has 5 nitrogen and oxygen atoms in total. The van der Waals surface area contributed by atoms with E-state index in [9.17, 15) is 4.79 Å². The van der Waals surface area contributed by atoms with Gasteiger partial charge in [0.2, 0.25) is 5.91 Å². The molecule has 2 aromatic heterocycles. The number of anilines is 1. The van der Waals surface area contributed by atoms with E-state index in [1.165, 1.54) is 0 Å². The quantitative estimate of drug-likeness (QED) is 0.819. The molecule has 0 saturated carbocycles. The third-order valence-corrected chi connectivity index (χ3v) is 3.79. The third kappa shape index (κ3) is 1.95. The van der Waals surface area contributed by atoms with E-state index in [1.807, 2.05) is 18.2 Å². The van der Waals surface area contributed by atoms with Crippen LogP contribution in [0.2, 0.25) is 0 Å². The fraction of sp³-hybridized carbons (Fsp3) is 0.167. The number of carbonyl (C=O) groups is 1. The predicted molar refractivity (Wildman–Crippen MR) is 69.0 cm³/mol. The predicted octanol–water partition coefficient (Wildman–Crippen LogP) is 1.65. The molecule has 3 rings (SSSR count). The van der Waals surface area contributed by atoms with Crippen molar-refractivity contribution in [1.82, 2.24) is 15.0 Å². The molecule has 1 saturated heterocycles. The molecule has 0 radical (unpaired) electrons. The summed E-state index contributed by atoms with van der Waals surface area (Å²) < 4.78 is 0. The Morgan fingerprint density at radius 3 is 2.89 bits per heavy atom. The first-order valence-corrected chi connectivity index (χ1v) is 6.52. The van der Waals surface area contributed by atoms with Crippen LogP contribution in [0.25, 0.3) is 0 Å². The Kier molecular flexibility index (Phi) is 2.93. The van der Waals surface area contributed by atoms with Crippen molar-refractivity contribution in [2.45, 2.75) is 5.37 Å². The first-order chi connectivity index (χ1) is 8.86. The molecule has 1 unspecified atom stereocenters. The van der Waals surface area contributed by atoms with Gasteiger partial charge in [0.05, 0.1) is 17.6 Å². The van der Waals surface area contributed by atoms with E-state index in [0.29, 0.717) is 11.6 Å². The van der Waals surface area contributed by atoms with Crippen LogP contribution >= 0.6 is 11.8 Å². The van der Waals surface area contributed by atoms with E-state index in [4.69, 9.17) is 0 Å². The zero-order valence-corrected chi connectivity index (χ0v) is 10.2. The third-order valence-electron chi connectivity index (χ3n) is 2.61. The van der Waals surface area contributed by atoms with E-state index >= 15 is 0 Å². The second-order valence-electron chi connectivity index (χ2n) is 3.75. The molecule has 0 N–H and O–H groups in total. The van der Waals surface area contributed by atoms with Crippen LogP contribution in [0.3, 0.4) is 0 Å². The Hall–Kier alpha value is -1.95. The van der Waals surface area contributed by atoms with Crippen LogP contribution < -0.4 is 4.90 Å². The molecular formula is C12H10N4OS. The SMILES string of the molecule is O=C1CSC(c2ccccn2)N1c1cnccn1. The average molecular weight is 258 g/mol. The molecule has 1 aliphatic rings. The summed E-state index contributed by atoms with van der Waals surface area (Å²) >= 11 is 1.55. The lowest BCUT2D eigenvalue weighted by molar-refractivity contribution is -0.115. The van der Waals surface area contributed by atoms with Gasteiger partial charge in [-0.3, -0.25) is 19.7 Å². The van der Waals surface area contributed by atoms with E-state index in [-0.39, 0.29) is 11.3 Å². The number of nitrogens with zero attached hydrogens (tertiary/aromatic N) is 4. The fourth-order valence-electron chi connectivity index (χ4n) is 1.83. The van der Waals surface area contributed by atoms with Gasteiger partial charge in [0.25, 0.3) is 0 Å². The van der Waals surface area contributed by atoms with Gasteiger partial charge in [0.1, 0.15) is 5.37 Å². The lowest BCUT2D eigenvalue weighted by atomic mass is 10.3. The molecule has 1 fully saturated rings. The highest BCUT2D eigenvalue weighted by atomic mass is 32.2. The molecule has 0 aromatic carbocycles. The number of amides is 1. The first-order valence-electron chi connectivity index (χ1n) is 5.47. The lowest BCUT2D eigenvalue weighted by Crippen LogP contribution is -2.29. The number of pyridine rings is 1. The summed E-state index contributed by atoms with van der Waals surface area (Å²) in [5.74, 6) is 1.05. The van der Waals surface area contributed by atoms with Gasteiger partial charge in [-0.2, -0.15) is 0 Å². The molecule has 1 amide bonds. The summed E-state index contributed by atoms with van der Waals surface area (Å²) in [7, 11) is 0.